The lowest BCUT2D eigenvalue weighted by molar-refractivity contribution is 0.102. The summed E-state index contributed by atoms with van der Waals surface area (Å²) in [6.45, 7) is 4.08. The summed E-state index contributed by atoms with van der Waals surface area (Å²) in [5.41, 5.74) is 2.88. The number of aryl methyl sites for hydroxylation is 2. The molecular weight excluding hydrogens is 324 g/mol. The molecule has 0 spiro atoms. The van der Waals surface area contributed by atoms with Gasteiger partial charge in [-0.15, -0.1) is 0 Å². The lowest BCUT2D eigenvalue weighted by atomic mass is 10.2. The van der Waals surface area contributed by atoms with Crippen molar-refractivity contribution < 1.29 is 4.79 Å². The van der Waals surface area contributed by atoms with Crippen molar-refractivity contribution in [3.8, 4) is 0 Å². The SMILES string of the molecule is CCc1nc(SCC(=O)c2ccc(Br)cc2)[nH]c1C. The third kappa shape index (κ3) is 3.70. The maximum Gasteiger partial charge on any atom is 0.173 e. The van der Waals surface area contributed by atoms with Gasteiger partial charge in [-0.05, 0) is 25.5 Å². The number of hydrogen-bond donors (Lipinski definition) is 1. The van der Waals surface area contributed by atoms with Gasteiger partial charge in [0.05, 0.1) is 11.4 Å². The molecule has 0 aliphatic carbocycles. The van der Waals surface area contributed by atoms with E-state index in [1.54, 1.807) is 0 Å². The second-order valence-electron chi connectivity index (χ2n) is 4.19. The predicted octanol–water partition coefficient (Wildman–Crippen LogP) is 4.02. The van der Waals surface area contributed by atoms with Crippen LogP contribution in [0.2, 0.25) is 0 Å². The molecule has 0 saturated heterocycles. The van der Waals surface area contributed by atoms with Crippen LogP contribution in [0, 0.1) is 6.92 Å². The maximum absolute atomic E-state index is 12.0. The van der Waals surface area contributed by atoms with Crippen LogP contribution < -0.4 is 0 Å². The van der Waals surface area contributed by atoms with Crippen molar-refractivity contribution in [1.82, 2.24) is 9.97 Å². The van der Waals surface area contributed by atoms with Gasteiger partial charge in [0, 0.05) is 15.7 Å². The van der Waals surface area contributed by atoms with Crippen LogP contribution in [-0.4, -0.2) is 21.5 Å². The number of ketones is 1. The Morgan fingerprint density at radius 1 is 1.37 bits per heavy atom. The van der Waals surface area contributed by atoms with Gasteiger partial charge in [-0.25, -0.2) is 4.98 Å². The summed E-state index contributed by atoms with van der Waals surface area (Å²) in [6, 6.07) is 7.42. The summed E-state index contributed by atoms with van der Waals surface area (Å²) in [5, 5.41) is 0.819. The van der Waals surface area contributed by atoms with Crippen molar-refractivity contribution in [2.75, 3.05) is 5.75 Å². The molecule has 1 aromatic heterocycles. The molecule has 1 aromatic carbocycles. The first-order chi connectivity index (χ1) is 9.10. The molecule has 100 valence electrons. The highest BCUT2D eigenvalue weighted by Crippen LogP contribution is 2.19. The number of hydrogen-bond acceptors (Lipinski definition) is 3. The van der Waals surface area contributed by atoms with Crippen LogP contribution in [0.5, 0.6) is 0 Å². The van der Waals surface area contributed by atoms with Crippen LogP contribution in [0.15, 0.2) is 33.9 Å². The molecule has 3 nitrogen and oxygen atoms in total. The van der Waals surface area contributed by atoms with E-state index in [4.69, 9.17) is 0 Å². The van der Waals surface area contributed by atoms with Gasteiger partial charge in [0.15, 0.2) is 10.9 Å². The van der Waals surface area contributed by atoms with Gasteiger partial charge in [-0.2, -0.15) is 0 Å². The van der Waals surface area contributed by atoms with E-state index in [9.17, 15) is 4.79 Å². The first-order valence-corrected chi connectivity index (χ1v) is 7.85. The van der Waals surface area contributed by atoms with Crippen molar-refractivity contribution in [2.45, 2.75) is 25.4 Å². The number of aromatic nitrogens is 2. The fraction of sp³-hybridized carbons (Fsp3) is 0.286. The van der Waals surface area contributed by atoms with E-state index in [1.807, 2.05) is 31.2 Å². The van der Waals surface area contributed by atoms with Crippen molar-refractivity contribution in [3.63, 3.8) is 0 Å². The molecule has 2 rings (SSSR count). The number of nitrogens with zero attached hydrogens (tertiary/aromatic N) is 1. The quantitative estimate of drug-likeness (QED) is 0.661. The van der Waals surface area contributed by atoms with Crippen LogP contribution in [-0.2, 0) is 6.42 Å². The van der Waals surface area contributed by atoms with Gasteiger partial charge in [-0.3, -0.25) is 4.79 Å². The van der Waals surface area contributed by atoms with E-state index in [0.29, 0.717) is 5.75 Å². The Kier molecular flexibility index (Phi) is 4.82. The normalized spacial score (nSPS) is 10.7. The van der Waals surface area contributed by atoms with E-state index in [2.05, 4.69) is 32.8 Å². The zero-order chi connectivity index (χ0) is 13.8. The Labute approximate surface area is 125 Å². The molecule has 0 saturated carbocycles. The average Bonchev–Trinajstić information content (AvgIpc) is 2.77. The Hall–Kier alpha value is -1.07. The Balaban J connectivity index is 1.98. The number of carbonyl (C=O) groups is 1. The number of rotatable bonds is 5. The number of H-pyrrole nitrogens is 1. The van der Waals surface area contributed by atoms with Crippen molar-refractivity contribution >= 4 is 33.5 Å². The lowest BCUT2D eigenvalue weighted by Gasteiger charge is -1.99. The molecule has 0 bridgehead atoms. The number of carbonyl (C=O) groups excluding carboxylic acids is 1. The smallest absolute Gasteiger partial charge is 0.173 e. The Morgan fingerprint density at radius 3 is 2.63 bits per heavy atom. The van der Waals surface area contributed by atoms with Gasteiger partial charge in [-0.1, -0.05) is 46.7 Å². The molecule has 0 aliphatic heterocycles. The summed E-state index contributed by atoms with van der Waals surface area (Å²) in [7, 11) is 0. The Bertz CT molecular complexity index is 578. The Morgan fingerprint density at radius 2 is 2.05 bits per heavy atom. The van der Waals surface area contributed by atoms with Crippen LogP contribution in [0.4, 0.5) is 0 Å². The lowest BCUT2D eigenvalue weighted by Crippen LogP contribution is -2.02. The molecule has 5 heteroatoms. The van der Waals surface area contributed by atoms with E-state index < -0.39 is 0 Å². The summed E-state index contributed by atoms with van der Waals surface area (Å²) < 4.78 is 0.978. The highest BCUT2D eigenvalue weighted by Gasteiger charge is 2.10. The van der Waals surface area contributed by atoms with Crippen molar-refractivity contribution in [2.24, 2.45) is 0 Å². The third-order valence-electron chi connectivity index (χ3n) is 2.80. The number of benzene rings is 1. The summed E-state index contributed by atoms with van der Waals surface area (Å²) >= 11 is 4.81. The number of halogens is 1. The van der Waals surface area contributed by atoms with Crippen LogP contribution in [0.25, 0.3) is 0 Å². The topological polar surface area (TPSA) is 45.8 Å². The van der Waals surface area contributed by atoms with Gasteiger partial charge < -0.3 is 4.98 Å². The highest BCUT2D eigenvalue weighted by atomic mass is 79.9. The molecule has 0 fully saturated rings. The van der Waals surface area contributed by atoms with E-state index in [1.165, 1.54) is 11.8 Å². The molecule has 0 radical (unpaired) electrons. The standard InChI is InChI=1S/C14H15BrN2OS/c1-3-12-9(2)16-14(17-12)19-8-13(18)10-4-6-11(15)7-5-10/h4-7H,3,8H2,1-2H3,(H,16,17). The fourth-order valence-corrected chi connectivity index (χ4v) is 2.83. The number of Topliss-reactive ketones (excluding diaryl/α,β-unsaturated/α-hetero) is 1. The average molecular weight is 339 g/mol. The molecular formula is C14H15BrN2OS. The fourth-order valence-electron chi connectivity index (χ4n) is 1.73. The summed E-state index contributed by atoms with van der Waals surface area (Å²) in [6.07, 6.45) is 0.906. The van der Waals surface area contributed by atoms with E-state index >= 15 is 0 Å². The first-order valence-electron chi connectivity index (χ1n) is 6.07. The van der Waals surface area contributed by atoms with Crippen molar-refractivity contribution in [1.29, 1.82) is 0 Å². The molecule has 2 aromatic rings. The van der Waals surface area contributed by atoms with Gasteiger partial charge in [0.2, 0.25) is 0 Å². The molecule has 0 aliphatic rings. The number of aromatic amines is 1. The third-order valence-corrected chi connectivity index (χ3v) is 4.21. The maximum atomic E-state index is 12.0. The minimum atomic E-state index is 0.115. The predicted molar refractivity (Wildman–Crippen MR) is 81.9 cm³/mol. The van der Waals surface area contributed by atoms with Crippen molar-refractivity contribution in [3.05, 3.63) is 45.7 Å². The zero-order valence-corrected chi connectivity index (χ0v) is 13.3. The number of nitrogens with one attached hydrogen (secondary N) is 1. The zero-order valence-electron chi connectivity index (χ0n) is 10.9. The molecule has 19 heavy (non-hydrogen) atoms. The first kappa shape index (κ1) is 14.3. The van der Waals surface area contributed by atoms with Crippen LogP contribution in [0.3, 0.4) is 0 Å². The molecule has 1 N–H and O–H groups in total. The summed E-state index contributed by atoms with van der Waals surface area (Å²) in [5.74, 6) is 0.516. The second kappa shape index (κ2) is 6.39. The largest absolute Gasteiger partial charge is 0.337 e. The summed E-state index contributed by atoms with van der Waals surface area (Å²) in [4.78, 5) is 19.7. The van der Waals surface area contributed by atoms with E-state index in [0.717, 1.165) is 33.0 Å². The van der Waals surface area contributed by atoms with Gasteiger partial charge >= 0.3 is 0 Å². The second-order valence-corrected chi connectivity index (χ2v) is 6.07. The minimum absolute atomic E-state index is 0.115. The van der Waals surface area contributed by atoms with Gasteiger partial charge in [0.1, 0.15) is 0 Å². The number of imidazole rings is 1. The van der Waals surface area contributed by atoms with Crippen LogP contribution >= 0.6 is 27.7 Å². The van der Waals surface area contributed by atoms with Crippen LogP contribution in [0.1, 0.15) is 28.7 Å². The monoisotopic (exact) mass is 338 g/mol. The molecule has 1 heterocycles. The minimum Gasteiger partial charge on any atom is -0.337 e. The van der Waals surface area contributed by atoms with Gasteiger partial charge in [0.25, 0.3) is 0 Å². The molecule has 0 atom stereocenters. The molecule has 0 unspecified atom stereocenters. The van der Waals surface area contributed by atoms with E-state index in [-0.39, 0.29) is 5.78 Å². The highest BCUT2D eigenvalue weighted by molar-refractivity contribution is 9.10. The number of thioether (sulfide) groups is 1. The molecule has 0 amide bonds.